The summed E-state index contributed by atoms with van der Waals surface area (Å²) in [5, 5.41) is 0. The minimum Gasteiger partial charge on any atom is -1.00 e. The van der Waals surface area contributed by atoms with Gasteiger partial charge in [0.05, 0.1) is 0 Å². The molecule has 0 aromatic heterocycles. The zero-order chi connectivity index (χ0) is 42.6. The zero-order valence-corrected chi connectivity index (χ0v) is 43.0. The van der Waals surface area contributed by atoms with E-state index in [1.807, 2.05) is 0 Å². The van der Waals surface area contributed by atoms with Crippen LogP contribution in [0.5, 0.6) is 0 Å². The second-order valence-electron chi connectivity index (χ2n) is 19.3. The predicted octanol–water partition coefficient (Wildman–Crippen LogP) is 10.1. The Labute approximate surface area is 394 Å². The molecule has 6 aromatic rings. The molecule has 3 heteroatoms. The number of fused-ring (bicyclic) bond motifs is 3. The monoisotopic (exact) mass is 932 g/mol. The second kappa shape index (κ2) is 19.1. The van der Waals surface area contributed by atoms with E-state index in [-0.39, 0.29) is 33.9 Å². The van der Waals surface area contributed by atoms with Crippen molar-refractivity contribution in [2.75, 3.05) is 0 Å². The standard InChI is InChI=1S/C31H29.C15H14.C13H21.2ClH.Zr/c1-18-11-20(3)30(21(4)12-18)24-7-9-28-26(15-24)17-27-16-25(8-10-29(27)28)31-22(5)13-19(2)14-23(31)6;1-12-3-7-14(8-4-12)11-15-9-5-13(2)6-10-15;1-5-6-7-11-8-9-12(10-11)13(2,3)4;;;/h7-17H,1-6H3;3-10H,1-2H3;9-11H,5-7H2,1-4H3;2*1H;/q;;;;;+2/p-2. The first-order valence-electron chi connectivity index (χ1n) is 22.4. The molecule has 0 spiro atoms. The quantitative estimate of drug-likeness (QED) is 0.136. The number of hydrogen-bond acceptors (Lipinski definition) is 0. The molecule has 0 fully saturated rings. The molecule has 0 amide bonds. The molecular weight excluding hydrogens is 871 g/mol. The molecule has 318 valence electrons. The van der Waals surface area contributed by atoms with Crippen molar-refractivity contribution >= 4 is 3.21 Å². The van der Waals surface area contributed by atoms with Crippen molar-refractivity contribution in [3.05, 3.63) is 197 Å². The Morgan fingerprint density at radius 1 is 0.532 bits per heavy atom. The third-order valence-electron chi connectivity index (χ3n) is 13.3. The molecule has 0 heterocycles. The first-order chi connectivity index (χ1) is 28.6. The van der Waals surface area contributed by atoms with Crippen LogP contribution in [0, 0.1) is 66.7 Å². The first kappa shape index (κ1) is 47.6. The summed E-state index contributed by atoms with van der Waals surface area (Å²) in [6, 6.07) is 43.7. The fraction of sp³-hybridized carbons (Fsp3) is 0.305. The van der Waals surface area contributed by atoms with Crippen molar-refractivity contribution in [2.24, 2.45) is 11.3 Å². The van der Waals surface area contributed by atoms with E-state index in [1.54, 1.807) is 6.49 Å². The van der Waals surface area contributed by atoms with Crippen LogP contribution in [0.25, 0.3) is 33.4 Å². The smallest absolute Gasteiger partial charge is 1.00 e. The van der Waals surface area contributed by atoms with Crippen molar-refractivity contribution < 1.29 is 46.1 Å². The Kier molecular flexibility index (Phi) is 14.7. The van der Waals surface area contributed by atoms with Gasteiger partial charge in [0.25, 0.3) is 0 Å². The predicted molar refractivity (Wildman–Crippen MR) is 257 cm³/mol. The van der Waals surface area contributed by atoms with Gasteiger partial charge in [-0.15, -0.1) is 0 Å². The maximum Gasteiger partial charge on any atom is -1.00 e. The van der Waals surface area contributed by atoms with Gasteiger partial charge in [-0.05, 0) is 0 Å². The van der Waals surface area contributed by atoms with E-state index >= 15 is 0 Å². The molecule has 0 aliphatic heterocycles. The second-order valence-corrected chi connectivity index (χ2v) is 25.4. The summed E-state index contributed by atoms with van der Waals surface area (Å²) in [5.74, 6) is 0.446. The molecule has 0 N–H and O–H groups in total. The fourth-order valence-electron chi connectivity index (χ4n) is 10.6. The van der Waals surface area contributed by atoms with Gasteiger partial charge in [0, 0.05) is 0 Å². The number of benzene rings is 6. The van der Waals surface area contributed by atoms with E-state index in [0.29, 0.717) is 5.92 Å². The van der Waals surface area contributed by atoms with Crippen LogP contribution in [0.2, 0.25) is 0 Å². The molecule has 8 rings (SSSR count). The molecule has 1 unspecified atom stereocenters. The van der Waals surface area contributed by atoms with Gasteiger partial charge in [-0.25, -0.2) is 0 Å². The molecule has 0 saturated heterocycles. The average molecular weight is 935 g/mol. The summed E-state index contributed by atoms with van der Waals surface area (Å²) in [5.41, 5.74) is 26.4. The Morgan fingerprint density at radius 2 is 0.952 bits per heavy atom. The van der Waals surface area contributed by atoms with E-state index in [2.05, 4.69) is 204 Å². The molecule has 0 bridgehead atoms. The number of aryl methyl sites for hydroxylation is 8. The van der Waals surface area contributed by atoms with Crippen LogP contribution in [0.3, 0.4) is 0 Å². The van der Waals surface area contributed by atoms with Gasteiger partial charge in [0.2, 0.25) is 0 Å². The summed E-state index contributed by atoms with van der Waals surface area (Å²) in [7, 11) is 0. The average Bonchev–Trinajstić information content (AvgIpc) is 3.75. The number of hydrogen-bond donors (Lipinski definition) is 0. The van der Waals surface area contributed by atoms with Crippen LogP contribution < -0.4 is 24.8 Å². The van der Waals surface area contributed by atoms with Crippen LogP contribution in [0.15, 0.2) is 130 Å². The Balaban J connectivity index is 0.00000321. The van der Waals surface area contributed by atoms with E-state index in [4.69, 9.17) is 0 Å². The van der Waals surface area contributed by atoms with Gasteiger partial charge in [-0.2, -0.15) is 0 Å². The van der Waals surface area contributed by atoms with Gasteiger partial charge >= 0.3 is 372 Å². The van der Waals surface area contributed by atoms with Crippen molar-refractivity contribution in [3.63, 3.8) is 0 Å². The van der Waals surface area contributed by atoms with Crippen LogP contribution in [0.1, 0.15) is 117 Å². The summed E-state index contributed by atoms with van der Waals surface area (Å²) in [4.78, 5) is 0. The van der Waals surface area contributed by atoms with Gasteiger partial charge in [0.15, 0.2) is 0 Å². The SMILES string of the molecule is CCCCC1C=C(C(C)(C)C)C=[C]1[Zr+2](=[C](c1ccc(C)cc1)c1ccc(C)cc1)[CH]1c2cc(-c3c(C)cc(C)cc3C)ccc2-c2ccc(-c3c(C)cc(C)cc3C)cc21.[Cl-].[Cl-]. The van der Waals surface area contributed by atoms with E-state index in [9.17, 15) is 0 Å². The van der Waals surface area contributed by atoms with E-state index < -0.39 is 21.3 Å². The number of unbranched alkanes of at least 4 members (excludes halogenated alkanes) is 1. The van der Waals surface area contributed by atoms with Crippen LogP contribution >= 0.6 is 0 Å². The third-order valence-corrected chi connectivity index (χ3v) is 21.8. The van der Waals surface area contributed by atoms with Gasteiger partial charge in [-0.3, -0.25) is 0 Å². The minimum atomic E-state index is -3.14. The maximum atomic E-state index is 2.74. The van der Waals surface area contributed by atoms with Crippen molar-refractivity contribution in [2.45, 2.75) is 106 Å². The van der Waals surface area contributed by atoms with Crippen molar-refractivity contribution in [1.82, 2.24) is 0 Å². The maximum absolute atomic E-state index is 3.14. The Bertz CT molecular complexity index is 2530. The van der Waals surface area contributed by atoms with E-state index in [0.717, 1.165) is 0 Å². The topological polar surface area (TPSA) is 0 Å². The van der Waals surface area contributed by atoms with Crippen LogP contribution in [-0.2, 0) is 21.3 Å². The van der Waals surface area contributed by atoms with Crippen molar-refractivity contribution in [3.8, 4) is 33.4 Å². The van der Waals surface area contributed by atoms with Gasteiger partial charge < -0.3 is 24.8 Å². The zero-order valence-electron chi connectivity index (χ0n) is 39.1. The number of rotatable bonds is 9. The molecule has 0 nitrogen and oxygen atoms in total. The van der Waals surface area contributed by atoms with Crippen LogP contribution in [0.4, 0.5) is 0 Å². The molecule has 2 aliphatic rings. The molecule has 2 aliphatic carbocycles. The molecule has 1 atom stereocenters. The molecule has 0 radical (unpaired) electrons. The Morgan fingerprint density at radius 3 is 1.34 bits per heavy atom. The minimum absolute atomic E-state index is 0. The third kappa shape index (κ3) is 9.21. The number of halogens is 2. The Hall–Kier alpha value is -3.87. The largest absolute Gasteiger partial charge is 1.00 e. The summed E-state index contributed by atoms with van der Waals surface area (Å²) < 4.78 is 3.67. The first-order valence-corrected chi connectivity index (χ1v) is 26.3. The molecular formula is C59H64Cl2Zr. The van der Waals surface area contributed by atoms with Crippen LogP contribution in [-0.4, -0.2) is 3.21 Å². The number of allylic oxidation sites excluding steroid dienone is 4. The van der Waals surface area contributed by atoms with Gasteiger partial charge in [-0.1, -0.05) is 0 Å². The molecule has 6 aromatic carbocycles. The summed E-state index contributed by atoms with van der Waals surface area (Å²) >= 11 is -3.14. The molecule has 62 heavy (non-hydrogen) atoms. The summed E-state index contributed by atoms with van der Waals surface area (Å²) in [6.45, 7) is 27.7. The summed E-state index contributed by atoms with van der Waals surface area (Å²) in [6.07, 6.45) is 9.10. The van der Waals surface area contributed by atoms with Crippen molar-refractivity contribution in [1.29, 1.82) is 0 Å². The fourth-order valence-corrected chi connectivity index (χ4v) is 20.2. The normalized spacial score (nSPS) is 14.2. The molecule has 0 saturated carbocycles. The van der Waals surface area contributed by atoms with E-state index in [1.165, 1.54) is 125 Å². The van der Waals surface area contributed by atoms with Gasteiger partial charge in [0.1, 0.15) is 0 Å².